The van der Waals surface area contributed by atoms with Crippen molar-refractivity contribution in [1.29, 1.82) is 0 Å². The van der Waals surface area contributed by atoms with Crippen LogP contribution in [-0.2, 0) is 16.0 Å². The van der Waals surface area contributed by atoms with Crippen LogP contribution < -0.4 is 5.32 Å². The third-order valence-electron chi connectivity index (χ3n) is 6.94. The molecule has 1 unspecified atom stereocenters. The Morgan fingerprint density at radius 1 is 1.06 bits per heavy atom. The second-order valence-corrected chi connectivity index (χ2v) is 9.13. The van der Waals surface area contributed by atoms with Gasteiger partial charge < -0.3 is 10.1 Å². The first-order chi connectivity index (χ1) is 17.1. The molecular weight excluding hydrogens is 440 g/mol. The molecule has 0 saturated heterocycles. The van der Waals surface area contributed by atoms with Gasteiger partial charge in [-0.25, -0.2) is 0 Å². The molecule has 7 nitrogen and oxygen atoms in total. The van der Waals surface area contributed by atoms with Crippen LogP contribution in [0.5, 0.6) is 0 Å². The Kier molecular flexibility index (Phi) is 6.57. The van der Waals surface area contributed by atoms with Crippen LogP contribution in [0.3, 0.4) is 0 Å². The largest absolute Gasteiger partial charge is 0.469 e. The van der Waals surface area contributed by atoms with Gasteiger partial charge in [-0.2, -0.15) is 5.10 Å². The van der Waals surface area contributed by atoms with Gasteiger partial charge in [0.1, 0.15) is 5.69 Å². The fourth-order valence-corrected chi connectivity index (χ4v) is 5.15. The fraction of sp³-hybridized carbons (Fsp3) is 0.286. The zero-order chi connectivity index (χ0) is 24.2. The van der Waals surface area contributed by atoms with Crippen molar-refractivity contribution in [2.24, 2.45) is 11.8 Å². The number of aromatic nitrogens is 3. The zero-order valence-electron chi connectivity index (χ0n) is 19.6. The predicted molar refractivity (Wildman–Crippen MR) is 134 cm³/mol. The van der Waals surface area contributed by atoms with E-state index in [2.05, 4.69) is 32.6 Å². The Morgan fingerprint density at radius 2 is 1.86 bits per heavy atom. The van der Waals surface area contributed by atoms with Gasteiger partial charge in [-0.1, -0.05) is 30.3 Å². The monoisotopic (exact) mass is 468 g/mol. The Bertz CT molecular complexity index is 1320. The molecule has 1 fully saturated rings. The molecular formula is C28H28N4O3. The zero-order valence-corrected chi connectivity index (χ0v) is 19.6. The number of amides is 1. The van der Waals surface area contributed by atoms with Gasteiger partial charge in [0, 0.05) is 34.9 Å². The highest BCUT2D eigenvalue weighted by molar-refractivity contribution is 6.01. The number of fused-ring (bicyclic) bond motifs is 1. The number of hydrogen-bond acceptors (Lipinski definition) is 5. The van der Waals surface area contributed by atoms with E-state index >= 15 is 0 Å². The molecule has 5 rings (SSSR count). The highest BCUT2D eigenvalue weighted by Crippen LogP contribution is 2.34. The van der Waals surface area contributed by atoms with Crippen LogP contribution in [0, 0.1) is 11.8 Å². The number of benzene rings is 2. The molecule has 2 aromatic carbocycles. The second-order valence-electron chi connectivity index (χ2n) is 9.13. The standard InChI is InChI=1S/C28H28N4O3/c1-35-28(34)23-9-8-22(16-21(23)15-18-5-3-2-4-6-18)30-27(33)20-7-10-25-24(17-20)26(32-31-25)19-11-13-29-14-12-19/h2-7,10-14,17,21-23H,8-9,15-16H2,1H3,(H,30,33)(H,31,32)/t21?,22-,23-/m1/s1. The quantitative estimate of drug-likeness (QED) is 0.405. The Hall–Kier alpha value is -4.00. The summed E-state index contributed by atoms with van der Waals surface area (Å²) in [6.45, 7) is 0. The predicted octanol–water partition coefficient (Wildman–Crippen LogP) is 4.56. The Morgan fingerprint density at radius 3 is 2.63 bits per heavy atom. The molecule has 3 atom stereocenters. The van der Waals surface area contributed by atoms with Crippen LogP contribution >= 0.6 is 0 Å². The van der Waals surface area contributed by atoms with Crippen molar-refractivity contribution in [1.82, 2.24) is 20.5 Å². The number of aromatic amines is 1. The molecule has 1 saturated carbocycles. The summed E-state index contributed by atoms with van der Waals surface area (Å²) in [5.41, 5.74) is 4.37. The minimum absolute atomic E-state index is 0.00293. The smallest absolute Gasteiger partial charge is 0.308 e. The van der Waals surface area contributed by atoms with E-state index in [9.17, 15) is 9.59 Å². The fourth-order valence-electron chi connectivity index (χ4n) is 5.15. The third kappa shape index (κ3) is 4.94. The van der Waals surface area contributed by atoms with Crippen LogP contribution in [0.25, 0.3) is 22.2 Å². The van der Waals surface area contributed by atoms with Crippen LogP contribution in [0.15, 0.2) is 73.1 Å². The van der Waals surface area contributed by atoms with E-state index in [0.717, 1.165) is 41.4 Å². The molecule has 2 aromatic heterocycles. The summed E-state index contributed by atoms with van der Waals surface area (Å²) in [5.74, 6) is -0.323. The van der Waals surface area contributed by atoms with Crippen molar-refractivity contribution >= 4 is 22.8 Å². The van der Waals surface area contributed by atoms with E-state index in [1.807, 2.05) is 48.5 Å². The average Bonchev–Trinajstić information content (AvgIpc) is 3.33. The number of esters is 1. The molecule has 35 heavy (non-hydrogen) atoms. The number of methoxy groups -OCH3 is 1. The number of nitrogens with zero attached hydrogens (tertiary/aromatic N) is 2. The third-order valence-corrected chi connectivity index (χ3v) is 6.94. The highest BCUT2D eigenvalue weighted by Gasteiger charge is 2.36. The molecule has 7 heteroatoms. The molecule has 2 heterocycles. The Balaban J connectivity index is 1.33. The maximum absolute atomic E-state index is 13.2. The molecule has 0 spiro atoms. The second kappa shape index (κ2) is 10.1. The lowest BCUT2D eigenvalue weighted by Gasteiger charge is -2.35. The highest BCUT2D eigenvalue weighted by atomic mass is 16.5. The number of rotatable bonds is 6. The molecule has 0 bridgehead atoms. The summed E-state index contributed by atoms with van der Waals surface area (Å²) in [6.07, 6.45) is 6.40. The van der Waals surface area contributed by atoms with Crippen LogP contribution in [0.1, 0.15) is 35.2 Å². The first-order valence-corrected chi connectivity index (χ1v) is 11.9. The minimum atomic E-state index is -0.162. The summed E-state index contributed by atoms with van der Waals surface area (Å²) in [7, 11) is 1.45. The lowest BCUT2D eigenvalue weighted by molar-refractivity contribution is -0.148. The Labute approximate surface area is 203 Å². The summed E-state index contributed by atoms with van der Waals surface area (Å²) < 4.78 is 5.09. The van der Waals surface area contributed by atoms with Crippen molar-refractivity contribution in [2.75, 3.05) is 7.11 Å². The molecule has 2 N–H and O–H groups in total. The van der Waals surface area contributed by atoms with Gasteiger partial charge in [0.05, 0.1) is 18.5 Å². The SMILES string of the molecule is COC(=O)[C@@H]1CC[C@@H](NC(=O)c2ccc3[nH]nc(-c4ccncc4)c3c2)CC1Cc1ccccc1. The van der Waals surface area contributed by atoms with E-state index < -0.39 is 0 Å². The molecule has 1 aliphatic carbocycles. The molecule has 0 radical (unpaired) electrons. The molecule has 0 aliphatic heterocycles. The first-order valence-electron chi connectivity index (χ1n) is 11.9. The van der Waals surface area contributed by atoms with Gasteiger partial charge >= 0.3 is 5.97 Å². The summed E-state index contributed by atoms with van der Waals surface area (Å²) in [5, 5.41) is 11.6. The normalized spacial score (nSPS) is 19.9. The maximum Gasteiger partial charge on any atom is 0.308 e. The first kappa shape index (κ1) is 22.8. The number of nitrogens with one attached hydrogen (secondary N) is 2. The van der Waals surface area contributed by atoms with Crippen LogP contribution in [0.4, 0.5) is 0 Å². The lowest BCUT2D eigenvalue weighted by atomic mass is 9.74. The van der Waals surface area contributed by atoms with Crippen LogP contribution in [0.2, 0.25) is 0 Å². The summed E-state index contributed by atoms with van der Waals surface area (Å²) in [4.78, 5) is 29.7. The van der Waals surface area contributed by atoms with Gasteiger partial charge in [-0.15, -0.1) is 0 Å². The topological polar surface area (TPSA) is 97.0 Å². The minimum Gasteiger partial charge on any atom is -0.469 e. The van der Waals surface area contributed by atoms with E-state index in [1.165, 1.54) is 12.7 Å². The summed E-state index contributed by atoms with van der Waals surface area (Å²) in [6, 6.07) is 19.5. The maximum atomic E-state index is 13.2. The molecule has 178 valence electrons. The van der Waals surface area contributed by atoms with Crippen molar-refractivity contribution in [3.05, 3.63) is 84.2 Å². The van der Waals surface area contributed by atoms with Gasteiger partial charge in [0.2, 0.25) is 0 Å². The molecule has 1 amide bonds. The van der Waals surface area contributed by atoms with E-state index in [-0.39, 0.29) is 29.8 Å². The number of carbonyl (C=O) groups excluding carboxylic acids is 2. The number of hydrogen-bond donors (Lipinski definition) is 2. The lowest BCUT2D eigenvalue weighted by Crippen LogP contribution is -2.43. The van der Waals surface area contributed by atoms with Crippen molar-refractivity contribution < 1.29 is 14.3 Å². The van der Waals surface area contributed by atoms with E-state index in [4.69, 9.17) is 4.74 Å². The van der Waals surface area contributed by atoms with Crippen LogP contribution in [-0.4, -0.2) is 40.2 Å². The number of carbonyl (C=O) groups is 2. The molecule has 4 aromatic rings. The molecule has 1 aliphatic rings. The van der Waals surface area contributed by atoms with E-state index in [1.54, 1.807) is 12.4 Å². The van der Waals surface area contributed by atoms with Gasteiger partial charge in [-0.3, -0.25) is 19.7 Å². The van der Waals surface area contributed by atoms with Crippen molar-refractivity contribution in [3.8, 4) is 11.3 Å². The summed E-state index contributed by atoms with van der Waals surface area (Å²) >= 11 is 0. The van der Waals surface area contributed by atoms with E-state index in [0.29, 0.717) is 12.0 Å². The number of H-pyrrole nitrogens is 1. The number of ether oxygens (including phenoxy) is 1. The number of pyridine rings is 1. The van der Waals surface area contributed by atoms with Crippen molar-refractivity contribution in [3.63, 3.8) is 0 Å². The van der Waals surface area contributed by atoms with Gasteiger partial charge in [-0.05, 0) is 67.5 Å². The van der Waals surface area contributed by atoms with Gasteiger partial charge in [0.15, 0.2) is 0 Å². The van der Waals surface area contributed by atoms with Gasteiger partial charge in [0.25, 0.3) is 5.91 Å². The van der Waals surface area contributed by atoms with Crippen molar-refractivity contribution in [2.45, 2.75) is 31.7 Å². The average molecular weight is 469 g/mol.